The van der Waals surface area contributed by atoms with Crippen LogP contribution in [0.25, 0.3) is 0 Å². The molecule has 0 amide bonds. The van der Waals surface area contributed by atoms with Crippen molar-refractivity contribution in [3.05, 3.63) is 0 Å². The number of hydrogen-bond donors (Lipinski definition) is 0. The first-order valence-corrected chi connectivity index (χ1v) is 3.68. The summed E-state index contributed by atoms with van der Waals surface area (Å²) in [4.78, 5) is 0. The Kier molecular flexibility index (Phi) is 14.7. The molecule has 0 heterocycles. The molecule has 0 aliphatic rings. The van der Waals surface area contributed by atoms with E-state index >= 15 is 0 Å². The molecule has 0 aromatic heterocycles. The van der Waals surface area contributed by atoms with Crippen LogP contribution in [0.4, 0.5) is 0 Å². The van der Waals surface area contributed by atoms with E-state index in [9.17, 15) is 8.76 Å². The van der Waals surface area contributed by atoms with Crippen LogP contribution >= 0.6 is 15.9 Å². The zero-order valence-electron chi connectivity index (χ0n) is 4.43. The van der Waals surface area contributed by atoms with Crippen molar-refractivity contribution >= 4 is 27.3 Å². The maximum atomic E-state index is 9.52. The molecule has 1 atom stereocenters. The summed E-state index contributed by atoms with van der Waals surface area (Å²) in [7, 11) is 0. The van der Waals surface area contributed by atoms with Gasteiger partial charge < -0.3 is 4.55 Å². The van der Waals surface area contributed by atoms with Gasteiger partial charge in [-0.05, 0) is 0 Å². The van der Waals surface area contributed by atoms with Crippen LogP contribution in [0.1, 0.15) is 0 Å². The maximum absolute atomic E-state index is 9.52. The van der Waals surface area contributed by atoms with Gasteiger partial charge in [0.05, 0.1) is 18.0 Å². The van der Waals surface area contributed by atoms with Crippen molar-refractivity contribution in [3.63, 3.8) is 0 Å². The summed E-state index contributed by atoms with van der Waals surface area (Å²) in [6.45, 7) is 0.204. The molecule has 0 aromatic rings. The van der Waals surface area contributed by atoms with E-state index in [2.05, 4.69) is 20.1 Å². The molecular formula is C2H4BrKO3S. The Bertz CT molecular complexity index is 70.3. The summed E-state index contributed by atoms with van der Waals surface area (Å²) in [6.07, 6.45) is 0. The molecule has 0 saturated carbocycles. The third-order valence-corrected chi connectivity index (χ3v) is 0.940. The molecule has 0 aliphatic heterocycles. The molecule has 0 saturated heterocycles. The van der Waals surface area contributed by atoms with E-state index < -0.39 is 11.4 Å². The van der Waals surface area contributed by atoms with Gasteiger partial charge in [0.15, 0.2) is 0 Å². The van der Waals surface area contributed by atoms with E-state index in [4.69, 9.17) is 0 Å². The Morgan fingerprint density at radius 1 is 1.75 bits per heavy atom. The monoisotopic (exact) mass is 226 g/mol. The molecule has 8 heavy (non-hydrogen) atoms. The Balaban J connectivity index is 0. The minimum atomic E-state index is -2.35. The quantitative estimate of drug-likeness (QED) is 0.297. The minimum Gasteiger partial charge on any atom is -0.750 e. The summed E-state index contributed by atoms with van der Waals surface area (Å²) in [5.41, 5.74) is 0. The number of alkyl halides is 1. The average Bonchev–Trinajstić information content (AvgIpc) is 1.61. The van der Waals surface area contributed by atoms with Gasteiger partial charge in [0.2, 0.25) is 0 Å². The minimum absolute atomic E-state index is 0. The van der Waals surface area contributed by atoms with Crippen LogP contribution < -0.4 is 51.4 Å². The van der Waals surface area contributed by atoms with Gasteiger partial charge in [-0.15, -0.1) is 0 Å². The predicted octanol–water partition coefficient (Wildman–Crippen LogP) is -2.80. The van der Waals surface area contributed by atoms with Gasteiger partial charge in [-0.1, -0.05) is 15.9 Å². The molecule has 0 fully saturated rings. The third kappa shape index (κ3) is 11.0. The SMILES string of the molecule is O=S([O-])OCCBr.[K+]. The molecule has 6 heteroatoms. The summed E-state index contributed by atoms with van der Waals surface area (Å²) in [6, 6.07) is 0. The fourth-order valence-corrected chi connectivity index (χ4v) is 0.695. The van der Waals surface area contributed by atoms with Gasteiger partial charge in [0.25, 0.3) is 0 Å². The van der Waals surface area contributed by atoms with Crippen molar-refractivity contribution in [2.24, 2.45) is 0 Å². The molecule has 0 bridgehead atoms. The predicted molar refractivity (Wildman–Crippen MR) is 28.7 cm³/mol. The van der Waals surface area contributed by atoms with Gasteiger partial charge in [-0.3, -0.25) is 4.18 Å². The van der Waals surface area contributed by atoms with Gasteiger partial charge in [0.1, 0.15) is 0 Å². The van der Waals surface area contributed by atoms with Gasteiger partial charge in [-0.2, -0.15) is 0 Å². The second kappa shape index (κ2) is 9.19. The van der Waals surface area contributed by atoms with Crippen LogP contribution in [0.5, 0.6) is 0 Å². The molecule has 3 nitrogen and oxygen atoms in total. The van der Waals surface area contributed by atoms with Crippen LogP contribution in [0.3, 0.4) is 0 Å². The van der Waals surface area contributed by atoms with Gasteiger partial charge in [-0.25, -0.2) is 4.21 Å². The van der Waals surface area contributed by atoms with Gasteiger partial charge in [0, 0.05) is 5.33 Å². The zero-order chi connectivity index (χ0) is 5.70. The average molecular weight is 227 g/mol. The molecule has 0 rings (SSSR count). The van der Waals surface area contributed by atoms with Crippen molar-refractivity contribution in [3.8, 4) is 0 Å². The largest absolute Gasteiger partial charge is 1.00 e. The van der Waals surface area contributed by atoms with E-state index in [1.54, 1.807) is 0 Å². The Morgan fingerprint density at radius 2 is 2.25 bits per heavy atom. The van der Waals surface area contributed by atoms with Crippen LogP contribution in [0, 0.1) is 0 Å². The Morgan fingerprint density at radius 3 is 2.38 bits per heavy atom. The molecule has 0 N–H and O–H groups in total. The second-order valence-corrected chi connectivity index (χ2v) is 2.15. The molecular weight excluding hydrogens is 223 g/mol. The smallest absolute Gasteiger partial charge is 0.750 e. The molecule has 1 unspecified atom stereocenters. The number of hydrogen-bond acceptors (Lipinski definition) is 3. The Hall–Kier alpha value is 2.19. The standard InChI is InChI=1S/C2H5BrO3S.K/c3-1-2-6-7(4)5;/h1-2H2,(H,4,5);/q;+1/p-1. The summed E-state index contributed by atoms with van der Waals surface area (Å²) in [5.74, 6) is 0. The topological polar surface area (TPSA) is 49.4 Å². The van der Waals surface area contributed by atoms with Crippen molar-refractivity contribution in [2.45, 2.75) is 0 Å². The van der Waals surface area contributed by atoms with Crippen molar-refractivity contribution in [2.75, 3.05) is 11.9 Å². The van der Waals surface area contributed by atoms with E-state index in [-0.39, 0.29) is 58.0 Å². The summed E-state index contributed by atoms with van der Waals surface area (Å²) in [5, 5.41) is 0.543. The summed E-state index contributed by atoms with van der Waals surface area (Å²) < 4.78 is 23.1. The fraction of sp³-hybridized carbons (Fsp3) is 1.00. The van der Waals surface area contributed by atoms with Crippen molar-refractivity contribution in [1.29, 1.82) is 0 Å². The normalized spacial score (nSPS) is 12.2. The van der Waals surface area contributed by atoms with Gasteiger partial charge >= 0.3 is 51.4 Å². The third-order valence-electron chi connectivity index (χ3n) is 0.257. The molecule has 0 radical (unpaired) electrons. The van der Waals surface area contributed by atoms with E-state index in [1.165, 1.54) is 0 Å². The van der Waals surface area contributed by atoms with Crippen molar-refractivity contribution in [1.82, 2.24) is 0 Å². The first-order chi connectivity index (χ1) is 3.27. The van der Waals surface area contributed by atoms with E-state index in [1.807, 2.05) is 0 Å². The molecule has 0 aromatic carbocycles. The first-order valence-electron chi connectivity index (χ1n) is 1.56. The van der Waals surface area contributed by atoms with Crippen LogP contribution in [-0.2, 0) is 15.5 Å². The second-order valence-electron chi connectivity index (χ2n) is 0.715. The zero-order valence-corrected chi connectivity index (χ0v) is 9.95. The molecule has 0 aliphatic carbocycles. The number of rotatable bonds is 3. The summed E-state index contributed by atoms with van der Waals surface area (Å²) >= 11 is 0.634. The molecule has 0 spiro atoms. The Labute approximate surface area is 102 Å². The van der Waals surface area contributed by atoms with E-state index in [0.717, 1.165) is 0 Å². The van der Waals surface area contributed by atoms with Crippen LogP contribution in [-0.4, -0.2) is 20.7 Å². The molecule has 44 valence electrons. The van der Waals surface area contributed by atoms with Crippen LogP contribution in [0.15, 0.2) is 0 Å². The number of halogens is 1. The fourth-order valence-electron chi connectivity index (χ4n) is 0.0995. The van der Waals surface area contributed by atoms with Crippen molar-refractivity contribution < 1.29 is 64.3 Å². The maximum Gasteiger partial charge on any atom is 1.00 e. The van der Waals surface area contributed by atoms with E-state index in [0.29, 0.717) is 5.33 Å². The first kappa shape index (κ1) is 12.8. The van der Waals surface area contributed by atoms with Crippen LogP contribution in [0.2, 0.25) is 0 Å².